The molecule has 0 aliphatic rings. The third-order valence-corrected chi connectivity index (χ3v) is 2.92. The molecule has 1 aromatic rings. The average molecular weight is 296 g/mol. The Morgan fingerprint density at radius 2 is 1.57 bits per heavy atom. The number of hydrogen-bond acceptors (Lipinski definition) is 6. The van der Waals surface area contributed by atoms with E-state index in [1.165, 1.54) is 21.1 Å². The minimum atomic E-state index is -0.358. The summed E-state index contributed by atoms with van der Waals surface area (Å²) in [5, 5.41) is 0. The van der Waals surface area contributed by atoms with Gasteiger partial charge in [-0.15, -0.1) is 0 Å². The topological polar surface area (TPSA) is 71.1 Å². The SMILES string of the molecule is COC(=O)Cc1cc(OC)c(CCOC(C)=O)cc1OC. The molecule has 6 heteroatoms. The number of benzene rings is 1. The van der Waals surface area contributed by atoms with Crippen LogP contribution in [0.4, 0.5) is 0 Å². The monoisotopic (exact) mass is 296 g/mol. The van der Waals surface area contributed by atoms with E-state index in [0.29, 0.717) is 23.5 Å². The molecule has 0 N–H and O–H groups in total. The highest BCUT2D eigenvalue weighted by Gasteiger charge is 2.14. The maximum absolute atomic E-state index is 11.4. The molecule has 0 fully saturated rings. The molecule has 1 rings (SSSR count). The van der Waals surface area contributed by atoms with Gasteiger partial charge in [0.15, 0.2) is 0 Å². The summed E-state index contributed by atoms with van der Waals surface area (Å²) in [5.41, 5.74) is 1.52. The molecule has 0 aliphatic heterocycles. The third-order valence-electron chi connectivity index (χ3n) is 2.92. The lowest BCUT2D eigenvalue weighted by molar-refractivity contribution is -0.141. The molecule has 1 aromatic carbocycles. The molecule has 0 saturated heterocycles. The van der Waals surface area contributed by atoms with E-state index in [2.05, 4.69) is 4.74 Å². The third kappa shape index (κ3) is 4.98. The quantitative estimate of drug-likeness (QED) is 0.711. The first kappa shape index (κ1) is 16.8. The fourth-order valence-electron chi connectivity index (χ4n) is 1.89. The summed E-state index contributed by atoms with van der Waals surface area (Å²) in [6.45, 7) is 1.61. The smallest absolute Gasteiger partial charge is 0.310 e. The van der Waals surface area contributed by atoms with Crippen molar-refractivity contribution < 1.29 is 28.5 Å². The van der Waals surface area contributed by atoms with Crippen molar-refractivity contribution in [2.75, 3.05) is 27.9 Å². The van der Waals surface area contributed by atoms with Gasteiger partial charge in [0.25, 0.3) is 0 Å². The highest BCUT2D eigenvalue weighted by Crippen LogP contribution is 2.29. The first-order valence-electron chi connectivity index (χ1n) is 6.45. The number of carbonyl (C=O) groups excluding carboxylic acids is 2. The zero-order valence-corrected chi connectivity index (χ0v) is 12.7. The highest BCUT2D eigenvalue weighted by molar-refractivity contribution is 5.74. The zero-order valence-electron chi connectivity index (χ0n) is 12.7. The molecule has 21 heavy (non-hydrogen) atoms. The van der Waals surface area contributed by atoms with E-state index in [9.17, 15) is 9.59 Å². The van der Waals surface area contributed by atoms with Gasteiger partial charge in [0.1, 0.15) is 11.5 Å². The van der Waals surface area contributed by atoms with Crippen LogP contribution >= 0.6 is 0 Å². The summed E-state index contributed by atoms with van der Waals surface area (Å²) < 4.78 is 20.2. The highest BCUT2D eigenvalue weighted by atomic mass is 16.5. The van der Waals surface area contributed by atoms with Crippen LogP contribution in [0.3, 0.4) is 0 Å². The van der Waals surface area contributed by atoms with E-state index in [1.54, 1.807) is 19.2 Å². The van der Waals surface area contributed by atoms with E-state index < -0.39 is 0 Å². The van der Waals surface area contributed by atoms with Gasteiger partial charge in [-0.3, -0.25) is 9.59 Å². The van der Waals surface area contributed by atoms with Gasteiger partial charge in [0.05, 0.1) is 34.4 Å². The molecule has 0 heterocycles. The molecule has 0 aliphatic carbocycles. The largest absolute Gasteiger partial charge is 0.496 e. The molecular formula is C15H20O6. The van der Waals surface area contributed by atoms with Crippen molar-refractivity contribution in [1.29, 1.82) is 0 Å². The van der Waals surface area contributed by atoms with Crippen molar-refractivity contribution in [2.24, 2.45) is 0 Å². The predicted molar refractivity (Wildman–Crippen MR) is 75.6 cm³/mol. The van der Waals surface area contributed by atoms with E-state index >= 15 is 0 Å². The zero-order chi connectivity index (χ0) is 15.8. The summed E-state index contributed by atoms with van der Waals surface area (Å²) in [6.07, 6.45) is 0.595. The number of esters is 2. The lowest BCUT2D eigenvalue weighted by atomic mass is 10.0. The van der Waals surface area contributed by atoms with Crippen molar-refractivity contribution in [2.45, 2.75) is 19.8 Å². The molecule has 116 valence electrons. The minimum absolute atomic E-state index is 0.0975. The number of methoxy groups -OCH3 is 3. The molecule has 0 saturated carbocycles. The van der Waals surface area contributed by atoms with Gasteiger partial charge < -0.3 is 18.9 Å². The second kappa shape index (κ2) is 8.14. The Morgan fingerprint density at radius 1 is 1.00 bits per heavy atom. The van der Waals surface area contributed by atoms with Crippen molar-refractivity contribution in [1.82, 2.24) is 0 Å². The fraction of sp³-hybridized carbons (Fsp3) is 0.467. The van der Waals surface area contributed by atoms with Crippen LogP contribution in [0.5, 0.6) is 11.5 Å². The lowest BCUT2D eigenvalue weighted by Crippen LogP contribution is -2.08. The Hall–Kier alpha value is -2.24. The fourth-order valence-corrected chi connectivity index (χ4v) is 1.89. The molecule has 0 radical (unpaired) electrons. The minimum Gasteiger partial charge on any atom is -0.496 e. The molecule has 0 unspecified atom stereocenters. The van der Waals surface area contributed by atoms with Crippen molar-refractivity contribution >= 4 is 11.9 Å². The number of ether oxygens (including phenoxy) is 4. The summed E-state index contributed by atoms with van der Waals surface area (Å²) in [6, 6.07) is 3.51. The molecule has 0 spiro atoms. The van der Waals surface area contributed by atoms with E-state index in [1.807, 2.05) is 0 Å². The number of carbonyl (C=O) groups is 2. The molecule has 0 amide bonds. The van der Waals surface area contributed by atoms with Crippen LogP contribution in [0.15, 0.2) is 12.1 Å². The van der Waals surface area contributed by atoms with Gasteiger partial charge in [-0.1, -0.05) is 0 Å². The number of hydrogen-bond donors (Lipinski definition) is 0. The lowest BCUT2D eigenvalue weighted by Gasteiger charge is -2.14. The molecular weight excluding hydrogens is 276 g/mol. The van der Waals surface area contributed by atoms with Crippen LogP contribution in [0.25, 0.3) is 0 Å². The first-order valence-corrected chi connectivity index (χ1v) is 6.45. The Labute approximate surface area is 123 Å². The van der Waals surface area contributed by atoms with Crippen molar-refractivity contribution in [3.8, 4) is 11.5 Å². The van der Waals surface area contributed by atoms with Crippen LogP contribution in [0, 0.1) is 0 Å². The second-order valence-corrected chi connectivity index (χ2v) is 4.32. The van der Waals surface area contributed by atoms with Crippen molar-refractivity contribution in [3.05, 3.63) is 23.3 Å². The summed E-state index contributed by atoms with van der Waals surface area (Å²) in [7, 11) is 4.40. The van der Waals surface area contributed by atoms with Gasteiger partial charge in [-0.25, -0.2) is 0 Å². The second-order valence-electron chi connectivity index (χ2n) is 4.32. The maximum Gasteiger partial charge on any atom is 0.310 e. The van der Waals surface area contributed by atoms with Crippen LogP contribution in [-0.4, -0.2) is 39.9 Å². The summed E-state index contributed by atoms with van der Waals surface area (Å²) >= 11 is 0. The van der Waals surface area contributed by atoms with Gasteiger partial charge in [0.2, 0.25) is 0 Å². The molecule has 0 aromatic heterocycles. The Balaban J connectivity index is 2.98. The molecule has 6 nitrogen and oxygen atoms in total. The predicted octanol–water partition coefficient (Wildman–Crippen LogP) is 1.52. The summed E-state index contributed by atoms with van der Waals surface area (Å²) in [5.74, 6) is 0.493. The summed E-state index contributed by atoms with van der Waals surface area (Å²) in [4.78, 5) is 22.2. The first-order chi connectivity index (χ1) is 10.0. The molecule has 0 atom stereocenters. The van der Waals surface area contributed by atoms with E-state index in [-0.39, 0.29) is 25.0 Å². The standard InChI is InChI=1S/C15H20O6/c1-10(16)21-6-5-11-7-14(19-3)12(8-13(11)18-2)9-15(17)20-4/h7-8H,5-6,9H2,1-4H3. The Bertz CT molecular complexity index is 509. The Kier molecular flexibility index (Phi) is 6.52. The average Bonchev–Trinajstić information content (AvgIpc) is 2.47. The normalized spacial score (nSPS) is 9.90. The van der Waals surface area contributed by atoms with Crippen LogP contribution in [0.2, 0.25) is 0 Å². The van der Waals surface area contributed by atoms with Gasteiger partial charge >= 0.3 is 11.9 Å². The van der Waals surface area contributed by atoms with Gasteiger partial charge in [-0.05, 0) is 12.1 Å². The van der Waals surface area contributed by atoms with Crippen LogP contribution in [0.1, 0.15) is 18.1 Å². The van der Waals surface area contributed by atoms with Crippen LogP contribution < -0.4 is 9.47 Å². The van der Waals surface area contributed by atoms with Crippen molar-refractivity contribution in [3.63, 3.8) is 0 Å². The Morgan fingerprint density at radius 3 is 2.10 bits per heavy atom. The molecule has 0 bridgehead atoms. The maximum atomic E-state index is 11.4. The number of rotatable bonds is 7. The van der Waals surface area contributed by atoms with Gasteiger partial charge in [-0.2, -0.15) is 0 Å². The van der Waals surface area contributed by atoms with E-state index in [0.717, 1.165) is 5.56 Å². The van der Waals surface area contributed by atoms with Crippen LogP contribution in [-0.2, 0) is 31.9 Å². The van der Waals surface area contributed by atoms with E-state index in [4.69, 9.17) is 14.2 Å². The van der Waals surface area contributed by atoms with Gasteiger partial charge in [0, 0.05) is 24.5 Å².